The van der Waals surface area contributed by atoms with Gasteiger partial charge in [-0.2, -0.15) is 5.10 Å². The number of carbonyl (C=O) groups is 1. The number of hydrogen-bond acceptors (Lipinski definition) is 5. The molecule has 1 amide bonds. The van der Waals surface area contributed by atoms with Gasteiger partial charge < -0.3 is 11.1 Å². The van der Waals surface area contributed by atoms with Crippen molar-refractivity contribution in [3.63, 3.8) is 0 Å². The summed E-state index contributed by atoms with van der Waals surface area (Å²) in [4.78, 5) is 19.1. The number of aromatic nitrogens is 4. The van der Waals surface area contributed by atoms with Crippen LogP contribution < -0.4 is 11.1 Å². The van der Waals surface area contributed by atoms with E-state index in [1.165, 1.54) is 0 Å². The third kappa shape index (κ3) is 2.62. The molecule has 0 unspecified atom stereocenters. The van der Waals surface area contributed by atoms with Crippen molar-refractivity contribution in [1.29, 1.82) is 0 Å². The van der Waals surface area contributed by atoms with Gasteiger partial charge in [0.25, 0.3) is 5.91 Å². The van der Waals surface area contributed by atoms with E-state index >= 15 is 0 Å². The highest BCUT2D eigenvalue weighted by atomic mass is 32.1. The molecule has 22 heavy (non-hydrogen) atoms. The van der Waals surface area contributed by atoms with Crippen LogP contribution in [0.15, 0.2) is 18.6 Å². The Hall–Kier alpha value is -2.19. The maximum Gasteiger partial charge on any atom is 0.274 e. The Labute approximate surface area is 131 Å². The molecule has 3 heterocycles. The number of anilines is 1. The molecule has 7 nitrogen and oxygen atoms in total. The Morgan fingerprint density at radius 1 is 1.45 bits per heavy atom. The van der Waals surface area contributed by atoms with Gasteiger partial charge in [-0.15, -0.1) is 11.3 Å². The van der Waals surface area contributed by atoms with Crippen LogP contribution in [0.4, 0.5) is 5.69 Å². The number of hydrogen-bond donors (Lipinski definition) is 2. The number of amides is 1. The first kappa shape index (κ1) is 14.7. The van der Waals surface area contributed by atoms with E-state index in [9.17, 15) is 4.79 Å². The molecular weight excluding hydrogens is 300 g/mol. The number of thiazole rings is 1. The fourth-order valence-corrected chi connectivity index (χ4v) is 3.21. The number of nitrogens with one attached hydrogen (secondary N) is 1. The van der Waals surface area contributed by atoms with Crippen molar-refractivity contribution in [3.8, 4) is 0 Å². The topological polar surface area (TPSA) is 90.2 Å². The summed E-state index contributed by atoms with van der Waals surface area (Å²) in [6, 6.07) is 0. The highest BCUT2D eigenvalue weighted by Crippen LogP contribution is 2.22. The van der Waals surface area contributed by atoms with Gasteiger partial charge in [-0.1, -0.05) is 6.92 Å². The minimum absolute atomic E-state index is 0.172. The SMILES string of the molecule is CCc1nc2sc(C)cn2c1C(=O)Nc1cnn(CCN)c1. The summed E-state index contributed by atoms with van der Waals surface area (Å²) in [6.45, 7) is 5.13. The Kier molecular flexibility index (Phi) is 3.95. The van der Waals surface area contributed by atoms with Crippen LogP contribution in [0.1, 0.15) is 28.0 Å². The molecule has 0 aliphatic rings. The Morgan fingerprint density at radius 2 is 2.27 bits per heavy atom. The zero-order chi connectivity index (χ0) is 15.7. The predicted molar refractivity (Wildman–Crippen MR) is 86.4 cm³/mol. The summed E-state index contributed by atoms with van der Waals surface area (Å²) in [7, 11) is 0. The summed E-state index contributed by atoms with van der Waals surface area (Å²) >= 11 is 1.58. The van der Waals surface area contributed by atoms with Crippen LogP contribution in [0, 0.1) is 6.92 Å². The summed E-state index contributed by atoms with van der Waals surface area (Å²) < 4.78 is 3.57. The highest BCUT2D eigenvalue weighted by molar-refractivity contribution is 7.17. The summed E-state index contributed by atoms with van der Waals surface area (Å²) in [5.41, 5.74) is 7.54. The molecule has 0 fully saturated rings. The lowest BCUT2D eigenvalue weighted by atomic mass is 10.2. The minimum Gasteiger partial charge on any atom is -0.329 e. The van der Waals surface area contributed by atoms with Crippen molar-refractivity contribution in [2.24, 2.45) is 5.73 Å². The summed E-state index contributed by atoms with van der Waals surface area (Å²) in [5.74, 6) is -0.172. The normalized spacial score (nSPS) is 11.2. The van der Waals surface area contributed by atoms with Crippen LogP contribution >= 0.6 is 11.3 Å². The number of aryl methyl sites for hydroxylation is 2. The first-order valence-corrected chi connectivity index (χ1v) is 7.95. The summed E-state index contributed by atoms with van der Waals surface area (Å²) in [5, 5.41) is 7.03. The second-order valence-corrected chi connectivity index (χ2v) is 6.20. The van der Waals surface area contributed by atoms with Crippen molar-refractivity contribution in [2.45, 2.75) is 26.8 Å². The monoisotopic (exact) mass is 318 g/mol. The van der Waals surface area contributed by atoms with Crippen molar-refractivity contribution < 1.29 is 4.79 Å². The van der Waals surface area contributed by atoms with Crippen molar-refractivity contribution >= 4 is 27.9 Å². The van der Waals surface area contributed by atoms with Crippen LogP contribution in [0.2, 0.25) is 0 Å². The van der Waals surface area contributed by atoms with E-state index in [0.29, 0.717) is 30.9 Å². The molecule has 0 saturated carbocycles. The van der Waals surface area contributed by atoms with Gasteiger partial charge in [0, 0.05) is 23.8 Å². The molecule has 0 saturated heterocycles. The molecule has 0 aromatic carbocycles. The Bertz CT molecular complexity index is 815. The van der Waals surface area contributed by atoms with Gasteiger partial charge in [-0.25, -0.2) is 4.98 Å². The van der Waals surface area contributed by atoms with Crippen molar-refractivity contribution in [1.82, 2.24) is 19.2 Å². The lowest BCUT2D eigenvalue weighted by Gasteiger charge is -2.03. The third-order valence-electron chi connectivity index (χ3n) is 3.31. The minimum atomic E-state index is -0.172. The lowest BCUT2D eigenvalue weighted by Crippen LogP contribution is -2.16. The van der Waals surface area contributed by atoms with E-state index in [1.807, 2.05) is 24.4 Å². The quantitative estimate of drug-likeness (QED) is 0.749. The molecule has 116 valence electrons. The fraction of sp³-hybridized carbons (Fsp3) is 0.357. The molecule has 0 spiro atoms. The zero-order valence-corrected chi connectivity index (χ0v) is 13.4. The fourth-order valence-electron chi connectivity index (χ4n) is 2.36. The molecule has 3 N–H and O–H groups in total. The van der Waals surface area contributed by atoms with E-state index in [0.717, 1.165) is 15.5 Å². The molecule has 0 bridgehead atoms. The third-order valence-corrected chi connectivity index (χ3v) is 4.21. The number of imidazole rings is 1. The molecule has 0 atom stereocenters. The van der Waals surface area contributed by atoms with Gasteiger partial charge in [0.15, 0.2) is 4.96 Å². The molecule has 0 radical (unpaired) electrons. The van der Waals surface area contributed by atoms with Crippen LogP contribution in [0.5, 0.6) is 0 Å². The van der Waals surface area contributed by atoms with Crippen LogP contribution in [-0.4, -0.2) is 31.6 Å². The number of rotatable bonds is 5. The van der Waals surface area contributed by atoms with E-state index in [1.54, 1.807) is 28.4 Å². The highest BCUT2D eigenvalue weighted by Gasteiger charge is 2.20. The van der Waals surface area contributed by atoms with Gasteiger partial charge in [-0.05, 0) is 13.3 Å². The average Bonchev–Trinajstić information content (AvgIpc) is 3.12. The van der Waals surface area contributed by atoms with Crippen molar-refractivity contribution in [2.75, 3.05) is 11.9 Å². The van der Waals surface area contributed by atoms with Gasteiger partial charge in [0.2, 0.25) is 0 Å². The van der Waals surface area contributed by atoms with Crippen LogP contribution in [0.25, 0.3) is 4.96 Å². The van der Waals surface area contributed by atoms with Crippen LogP contribution in [-0.2, 0) is 13.0 Å². The molecule has 0 aliphatic heterocycles. The number of nitrogens with zero attached hydrogens (tertiary/aromatic N) is 4. The second kappa shape index (κ2) is 5.90. The van der Waals surface area contributed by atoms with Gasteiger partial charge >= 0.3 is 0 Å². The standard InChI is InChI=1S/C14H18N6OS/c1-3-11-12(20-7-9(2)22-14(20)18-11)13(21)17-10-6-16-19(8-10)5-4-15/h6-8H,3-5,15H2,1-2H3,(H,17,21). The molecule has 0 aliphatic carbocycles. The zero-order valence-electron chi connectivity index (χ0n) is 12.5. The molecule has 3 rings (SSSR count). The Balaban J connectivity index is 1.90. The van der Waals surface area contributed by atoms with E-state index in [2.05, 4.69) is 15.4 Å². The van der Waals surface area contributed by atoms with Crippen molar-refractivity contribution in [3.05, 3.63) is 34.9 Å². The van der Waals surface area contributed by atoms with Gasteiger partial charge in [0.1, 0.15) is 5.69 Å². The maximum atomic E-state index is 12.6. The van der Waals surface area contributed by atoms with E-state index in [4.69, 9.17) is 5.73 Å². The smallest absolute Gasteiger partial charge is 0.274 e. The summed E-state index contributed by atoms with van der Waals surface area (Å²) in [6.07, 6.45) is 6.05. The number of carbonyl (C=O) groups excluding carboxylic acids is 1. The lowest BCUT2D eigenvalue weighted by molar-refractivity contribution is 0.102. The van der Waals surface area contributed by atoms with Crippen LogP contribution in [0.3, 0.4) is 0 Å². The maximum absolute atomic E-state index is 12.6. The molecule has 3 aromatic rings. The van der Waals surface area contributed by atoms with E-state index in [-0.39, 0.29) is 5.91 Å². The average molecular weight is 318 g/mol. The first-order chi connectivity index (χ1) is 10.6. The first-order valence-electron chi connectivity index (χ1n) is 7.13. The number of fused-ring (bicyclic) bond motifs is 1. The largest absolute Gasteiger partial charge is 0.329 e. The Morgan fingerprint density at radius 3 is 3.00 bits per heavy atom. The van der Waals surface area contributed by atoms with Gasteiger partial charge in [0.05, 0.1) is 24.1 Å². The van der Waals surface area contributed by atoms with Gasteiger partial charge in [-0.3, -0.25) is 13.9 Å². The van der Waals surface area contributed by atoms with E-state index < -0.39 is 0 Å². The number of nitrogens with two attached hydrogens (primary N) is 1. The molecule has 8 heteroatoms. The second-order valence-electron chi connectivity index (χ2n) is 4.99. The molecule has 3 aromatic heterocycles. The predicted octanol–water partition coefficient (Wildman–Crippen LogP) is 1.67. The molecular formula is C14H18N6OS.